The van der Waals surface area contributed by atoms with Crippen LogP contribution >= 0.6 is 0 Å². The highest BCUT2D eigenvalue weighted by Gasteiger charge is 2.30. The standard InChI is InChI=1S/C21H14F3N5O2/c1-29-18(12-4-2-5-13(10-12)21(22,23)24)28-17-14(6-3-7-15(17)20(29)31)19(30)27-16-11-25-8-9-26-16/h2-11H,1H3,(H,26,27,30). The molecule has 0 atom stereocenters. The lowest BCUT2D eigenvalue weighted by Crippen LogP contribution is -2.22. The van der Waals surface area contributed by atoms with E-state index in [1.54, 1.807) is 0 Å². The van der Waals surface area contributed by atoms with Gasteiger partial charge in [0.1, 0.15) is 5.82 Å². The van der Waals surface area contributed by atoms with E-state index in [0.29, 0.717) is 0 Å². The van der Waals surface area contributed by atoms with E-state index in [0.717, 1.165) is 16.7 Å². The predicted octanol–water partition coefficient (Wildman–Crippen LogP) is 3.66. The van der Waals surface area contributed by atoms with Gasteiger partial charge in [0, 0.05) is 25.0 Å². The lowest BCUT2D eigenvalue weighted by atomic mass is 10.1. The van der Waals surface area contributed by atoms with Crippen LogP contribution in [0.4, 0.5) is 19.0 Å². The molecule has 0 radical (unpaired) electrons. The predicted molar refractivity (Wildman–Crippen MR) is 107 cm³/mol. The zero-order chi connectivity index (χ0) is 22.2. The Hall–Kier alpha value is -4.08. The molecule has 0 unspecified atom stereocenters. The van der Waals surface area contributed by atoms with Crippen LogP contribution in [-0.4, -0.2) is 25.4 Å². The minimum absolute atomic E-state index is 0.00310. The number of benzene rings is 2. The molecular formula is C21H14F3N5O2. The molecule has 0 fully saturated rings. The number of hydrogen-bond acceptors (Lipinski definition) is 5. The summed E-state index contributed by atoms with van der Waals surface area (Å²) in [5.41, 5.74) is -1.12. The van der Waals surface area contributed by atoms with Crippen LogP contribution in [0.5, 0.6) is 0 Å². The SMILES string of the molecule is Cn1c(-c2cccc(C(F)(F)F)c2)nc2c(C(=O)Nc3cnccn3)cccc2c1=O. The molecule has 10 heteroatoms. The Morgan fingerprint density at radius 3 is 2.58 bits per heavy atom. The van der Waals surface area contributed by atoms with Gasteiger partial charge in [-0.2, -0.15) is 13.2 Å². The Bertz CT molecular complexity index is 1350. The number of nitrogens with one attached hydrogen (secondary N) is 1. The largest absolute Gasteiger partial charge is 0.416 e. The van der Waals surface area contributed by atoms with Crippen molar-refractivity contribution in [2.75, 3.05) is 5.32 Å². The zero-order valence-corrected chi connectivity index (χ0v) is 16.0. The third kappa shape index (κ3) is 3.87. The molecule has 2 aromatic carbocycles. The first-order valence-electron chi connectivity index (χ1n) is 9.00. The van der Waals surface area contributed by atoms with E-state index in [4.69, 9.17) is 0 Å². The highest BCUT2D eigenvalue weighted by Crippen LogP contribution is 2.32. The summed E-state index contributed by atoms with van der Waals surface area (Å²) in [5.74, 6) is -0.378. The Kier molecular flexibility index (Phi) is 4.97. The Labute approximate surface area is 173 Å². The fourth-order valence-corrected chi connectivity index (χ4v) is 3.12. The molecule has 0 saturated heterocycles. The molecule has 156 valence electrons. The topological polar surface area (TPSA) is 89.8 Å². The van der Waals surface area contributed by atoms with Crippen LogP contribution in [0.25, 0.3) is 22.3 Å². The van der Waals surface area contributed by atoms with Gasteiger partial charge in [0.25, 0.3) is 11.5 Å². The van der Waals surface area contributed by atoms with Crippen molar-refractivity contribution in [2.45, 2.75) is 6.18 Å². The molecule has 0 aliphatic rings. The first-order chi connectivity index (χ1) is 14.8. The number of nitrogens with zero attached hydrogens (tertiary/aromatic N) is 4. The van der Waals surface area contributed by atoms with Crippen molar-refractivity contribution in [3.8, 4) is 11.4 Å². The summed E-state index contributed by atoms with van der Waals surface area (Å²) in [6.45, 7) is 0. The molecule has 4 rings (SSSR count). The van der Waals surface area contributed by atoms with Crippen LogP contribution in [-0.2, 0) is 13.2 Å². The van der Waals surface area contributed by atoms with Gasteiger partial charge < -0.3 is 5.32 Å². The quantitative estimate of drug-likeness (QED) is 0.541. The Morgan fingerprint density at radius 2 is 1.87 bits per heavy atom. The van der Waals surface area contributed by atoms with E-state index in [9.17, 15) is 22.8 Å². The molecule has 1 N–H and O–H groups in total. The van der Waals surface area contributed by atoms with E-state index in [1.807, 2.05) is 0 Å². The highest BCUT2D eigenvalue weighted by molar-refractivity contribution is 6.11. The normalized spacial score (nSPS) is 11.5. The summed E-state index contributed by atoms with van der Waals surface area (Å²) in [6, 6.07) is 9.00. The molecule has 0 saturated carbocycles. The van der Waals surface area contributed by atoms with Crippen molar-refractivity contribution in [2.24, 2.45) is 7.05 Å². The number of halogens is 3. The minimum Gasteiger partial charge on any atom is -0.305 e. The number of para-hydroxylation sites is 1. The molecule has 0 spiro atoms. The fraction of sp³-hybridized carbons (Fsp3) is 0.0952. The van der Waals surface area contributed by atoms with Gasteiger partial charge in [-0.05, 0) is 24.3 Å². The maximum atomic E-state index is 13.1. The van der Waals surface area contributed by atoms with E-state index >= 15 is 0 Å². The van der Waals surface area contributed by atoms with Crippen molar-refractivity contribution < 1.29 is 18.0 Å². The van der Waals surface area contributed by atoms with Gasteiger partial charge in [0.2, 0.25) is 0 Å². The molecular weight excluding hydrogens is 411 g/mol. The van der Waals surface area contributed by atoms with Crippen molar-refractivity contribution >= 4 is 22.6 Å². The smallest absolute Gasteiger partial charge is 0.305 e. The second-order valence-electron chi connectivity index (χ2n) is 6.62. The lowest BCUT2D eigenvalue weighted by molar-refractivity contribution is -0.137. The van der Waals surface area contributed by atoms with Gasteiger partial charge in [0.15, 0.2) is 5.82 Å². The van der Waals surface area contributed by atoms with Crippen LogP contribution in [0.15, 0.2) is 65.8 Å². The van der Waals surface area contributed by atoms with Crippen molar-refractivity contribution in [3.63, 3.8) is 0 Å². The monoisotopic (exact) mass is 425 g/mol. The minimum atomic E-state index is -4.55. The molecule has 2 heterocycles. The van der Waals surface area contributed by atoms with Crippen LogP contribution < -0.4 is 10.9 Å². The number of fused-ring (bicyclic) bond motifs is 1. The fourth-order valence-electron chi connectivity index (χ4n) is 3.12. The maximum absolute atomic E-state index is 13.1. The summed E-state index contributed by atoms with van der Waals surface area (Å²) in [7, 11) is 1.41. The summed E-state index contributed by atoms with van der Waals surface area (Å²) in [4.78, 5) is 37.9. The molecule has 7 nitrogen and oxygen atoms in total. The average molecular weight is 425 g/mol. The van der Waals surface area contributed by atoms with Crippen LogP contribution in [0.2, 0.25) is 0 Å². The molecule has 2 aromatic heterocycles. The average Bonchev–Trinajstić information content (AvgIpc) is 2.76. The van der Waals surface area contributed by atoms with Crippen molar-refractivity contribution in [1.82, 2.24) is 19.5 Å². The Balaban J connectivity index is 1.88. The third-order valence-electron chi connectivity index (χ3n) is 4.60. The summed E-state index contributed by atoms with van der Waals surface area (Å²) < 4.78 is 40.6. The number of aromatic nitrogens is 4. The molecule has 31 heavy (non-hydrogen) atoms. The van der Waals surface area contributed by atoms with Gasteiger partial charge in [-0.3, -0.25) is 19.1 Å². The van der Waals surface area contributed by atoms with Gasteiger partial charge in [-0.25, -0.2) is 9.97 Å². The van der Waals surface area contributed by atoms with Gasteiger partial charge in [-0.1, -0.05) is 18.2 Å². The van der Waals surface area contributed by atoms with Crippen LogP contribution in [0, 0.1) is 0 Å². The summed E-state index contributed by atoms with van der Waals surface area (Å²) in [5, 5.41) is 2.72. The second kappa shape index (κ2) is 7.63. The first kappa shape index (κ1) is 20.2. The second-order valence-corrected chi connectivity index (χ2v) is 6.62. The third-order valence-corrected chi connectivity index (χ3v) is 4.60. The van der Waals surface area contributed by atoms with Crippen LogP contribution in [0.1, 0.15) is 15.9 Å². The highest BCUT2D eigenvalue weighted by atomic mass is 19.4. The van der Waals surface area contributed by atoms with Gasteiger partial charge >= 0.3 is 6.18 Å². The summed E-state index contributed by atoms with van der Waals surface area (Å²) >= 11 is 0. The zero-order valence-electron chi connectivity index (χ0n) is 16.0. The first-order valence-corrected chi connectivity index (χ1v) is 9.00. The van der Waals surface area contributed by atoms with E-state index in [-0.39, 0.29) is 33.7 Å². The number of amides is 1. The van der Waals surface area contributed by atoms with Gasteiger partial charge in [-0.15, -0.1) is 0 Å². The van der Waals surface area contributed by atoms with Gasteiger partial charge in [0.05, 0.1) is 28.2 Å². The number of rotatable bonds is 3. The molecule has 0 aliphatic heterocycles. The molecule has 1 amide bonds. The summed E-state index contributed by atoms with van der Waals surface area (Å²) in [6.07, 6.45) is -0.352. The van der Waals surface area contributed by atoms with E-state index in [2.05, 4.69) is 20.3 Å². The molecule has 0 bridgehead atoms. The van der Waals surface area contributed by atoms with E-state index in [1.165, 1.54) is 56.0 Å². The van der Waals surface area contributed by atoms with E-state index < -0.39 is 23.2 Å². The maximum Gasteiger partial charge on any atom is 0.416 e. The van der Waals surface area contributed by atoms with Crippen molar-refractivity contribution in [3.05, 3.63) is 82.5 Å². The van der Waals surface area contributed by atoms with Crippen LogP contribution in [0.3, 0.4) is 0 Å². The molecule has 4 aromatic rings. The number of carbonyl (C=O) groups is 1. The number of alkyl halides is 3. The molecule has 0 aliphatic carbocycles. The lowest BCUT2D eigenvalue weighted by Gasteiger charge is -2.13. The number of hydrogen-bond donors (Lipinski definition) is 1. The number of anilines is 1. The number of carbonyl (C=O) groups excluding carboxylic acids is 1. The Morgan fingerprint density at radius 1 is 1.10 bits per heavy atom. The van der Waals surface area contributed by atoms with Crippen molar-refractivity contribution in [1.29, 1.82) is 0 Å².